The molecule has 0 aromatic heterocycles. The van der Waals surface area contributed by atoms with Crippen LogP contribution in [0.4, 0.5) is 11.4 Å². The van der Waals surface area contributed by atoms with Crippen LogP contribution in [0.25, 0.3) is 0 Å². The zero-order chi connectivity index (χ0) is 13.0. The van der Waals surface area contributed by atoms with Gasteiger partial charge in [-0.15, -0.1) is 0 Å². The Hall–Kier alpha value is -1.35. The quantitative estimate of drug-likeness (QED) is 0.903. The highest BCUT2D eigenvalue weighted by molar-refractivity contribution is 6.31. The first kappa shape index (κ1) is 13.1. The van der Waals surface area contributed by atoms with Gasteiger partial charge in [0, 0.05) is 19.1 Å². The molecule has 0 amide bonds. The van der Waals surface area contributed by atoms with Gasteiger partial charge in [0.2, 0.25) is 0 Å². The molecule has 2 rings (SSSR count). The van der Waals surface area contributed by atoms with Gasteiger partial charge in [-0.3, -0.25) is 0 Å². The van der Waals surface area contributed by atoms with Crippen LogP contribution in [0.1, 0.15) is 12.8 Å². The van der Waals surface area contributed by atoms with Gasteiger partial charge in [0.05, 0.1) is 24.2 Å². The second-order valence-electron chi connectivity index (χ2n) is 4.64. The van der Waals surface area contributed by atoms with Crippen LogP contribution in [-0.4, -0.2) is 26.7 Å². The van der Waals surface area contributed by atoms with Gasteiger partial charge in [-0.25, -0.2) is 0 Å². The summed E-state index contributed by atoms with van der Waals surface area (Å²) in [4.78, 5) is 2.07. The number of nitrogens with zero attached hydrogens (tertiary/aromatic N) is 1. The van der Waals surface area contributed by atoms with Gasteiger partial charge in [0.15, 0.2) is 0 Å². The van der Waals surface area contributed by atoms with E-state index in [9.17, 15) is 0 Å². The van der Waals surface area contributed by atoms with Crippen molar-refractivity contribution in [2.45, 2.75) is 18.9 Å². The Morgan fingerprint density at radius 2 is 2.28 bits per heavy atom. The standard InChI is InChI=1S/C14H19ClN2O/c1-17(2)14-7-6-11(15)9-13(14)16-10-12-5-3-4-8-18-12/h4,6-9,12,16H,3,5,10H2,1-2H3. The monoisotopic (exact) mass is 266 g/mol. The molecule has 1 N–H and O–H groups in total. The summed E-state index contributed by atoms with van der Waals surface area (Å²) in [6, 6.07) is 5.88. The summed E-state index contributed by atoms with van der Waals surface area (Å²) in [7, 11) is 4.04. The van der Waals surface area contributed by atoms with Gasteiger partial charge < -0.3 is 15.0 Å². The third-order valence-electron chi connectivity index (χ3n) is 2.98. The average Bonchev–Trinajstić information content (AvgIpc) is 2.37. The number of halogens is 1. The van der Waals surface area contributed by atoms with Crippen molar-refractivity contribution >= 4 is 23.0 Å². The number of rotatable bonds is 4. The molecule has 0 saturated carbocycles. The van der Waals surface area contributed by atoms with Gasteiger partial charge in [-0.05, 0) is 37.1 Å². The predicted octanol–water partition coefficient (Wildman–Crippen LogP) is 3.51. The first-order chi connectivity index (χ1) is 8.66. The van der Waals surface area contributed by atoms with E-state index in [0.29, 0.717) is 0 Å². The fourth-order valence-corrected chi connectivity index (χ4v) is 2.17. The molecule has 3 nitrogen and oxygen atoms in total. The average molecular weight is 267 g/mol. The predicted molar refractivity (Wildman–Crippen MR) is 77.5 cm³/mol. The lowest BCUT2D eigenvalue weighted by molar-refractivity contribution is 0.135. The molecule has 0 radical (unpaired) electrons. The SMILES string of the molecule is CN(C)c1ccc(Cl)cc1NCC1CCC=CO1. The van der Waals surface area contributed by atoms with Crippen LogP contribution in [-0.2, 0) is 4.74 Å². The Labute approximate surface area is 113 Å². The Kier molecular flexibility index (Phi) is 4.37. The van der Waals surface area contributed by atoms with Crippen LogP contribution in [0, 0.1) is 0 Å². The number of nitrogens with one attached hydrogen (secondary N) is 1. The van der Waals surface area contributed by atoms with Crippen molar-refractivity contribution in [3.05, 3.63) is 35.6 Å². The van der Waals surface area contributed by atoms with E-state index in [1.165, 1.54) is 0 Å². The van der Waals surface area contributed by atoms with Crippen molar-refractivity contribution in [3.8, 4) is 0 Å². The lowest BCUT2D eigenvalue weighted by Crippen LogP contribution is -2.24. The molecule has 4 heteroatoms. The molecule has 0 fully saturated rings. The van der Waals surface area contributed by atoms with E-state index in [2.05, 4.69) is 16.3 Å². The summed E-state index contributed by atoms with van der Waals surface area (Å²) in [5.41, 5.74) is 2.18. The molecular formula is C14H19ClN2O. The van der Waals surface area contributed by atoms with Gasteiger partial charge in [0.25, 0.3) is 0 Å². The maximum atomic E-state index is 6.04. The Morgan fingerprint density at radius 1 is 1.44 bits per heavy atom. The summed E-state index contributed by atoms with van der Waals surface area (Å²) in [5, 5.41) is 4.16. The molecule has 18 heavy (non-hydrogen) atoms. The van der Waals surface area contributed by atoms with E-state index in [1.807, 2.05) is 32.3 Å². The highest BCUT2D eigenvalue weighted by Crippen LogP contribution is 2.28. The van der Waals surface area contributed by atoms with E-state index in [-0.39, 0.29) is 6.10 Å². The lowest BCUT2D eigenvalue weighted by atomic mass is 10.1. The fourth-order valence-electron chi connectivity index (χ4n) is 2.00. The van der Waals surface area contributed by atoms with Crippen LogP contribution in [0.2, 0.25) is 5.02 Å². The van der Waals surface area contributed by atoms with E-state index >= 15 is 0 Å². The second kappa shape index (κ2) is 6.01. The number of hydrogen-bond acceptors (Lipinski definition) is 3. The Bertz CT molecular complexity index is 432. The van der Waals surface area contributed by atoms with Crippen molar-refractivity contribution in [1.29, 1.82) is 0 Å². The minimum Gasteiger partial charge on any atom is -0.497 e. The van der Waals surface area contributed by atoms with Gasteiger partial charge >= 0.3 is 0 Å². The number of hydrogen-bond donors (Lipinski definition) is 1. The number of ether oxygens (including phenoxy) is 1. The number of anilines is 2. The van der Waals surface area contributed by atoms with Gasteiger partial charge in [-0.1, -0.05) is 11.6 Å². The highest BCUT2D eigenvalue weighted by Gasteiger charge is 2.12. The van der Waals surface area contributed by atoms with Crippen molar-refractivity contribution < 1.29 is 4.74 Å². The molecule has 1 aliphatic heterocycles. The molecule has 0 saturated heterocycles. The molecule has 1 atom stereocenters. The molecule has 1 heterocycles. The summed E-state index contributed by atoms with van der Waals surface area (Å²) in [5.74, 6) is 0. The lowest BCUT2D eigenvalue weighted by Gasteiger charge is -2.23. The number of benzene rings is 1. The first-order valence-electron chi connectivity index (χ1n) is 6.18. The molecule has 1 aromatic carbocycles. The van der Waals surface area contributed by atoms with Gasteiger partial charge in [-0.2, -0.15) is 0 Å². The zero-order valence-corrected chi connectivity index (χ0v) is 11.6. The van der Waals surface area contributed by atoms with E-state index < -0.39 is 0 Å². The molecule has 0 aliphatic carbocycles. The number of allylic oxidation sites excluding steroid dienone is 1. The highest BCUT2D eigenvalue weighted by atomic mass is 35.5. The molecule has 98 valence electrons. The molecule has 0 bridgehead atoms. The minimum atomic E-state index is 0.240. The van der Waals surface area contributed by atoms with Crippen LogP contribution < -0.4 is 10.2 Å². The maximum Gasteiger partial charge on any atom is 0.115 e. The molecule has 1 unspecified atom stereocenters. The molecule has 1 aliphatic rings. The summed E-state index contributed by atoms with van der Waals surface area (Å²) in [6.45, 7) is 0.797. The molecule has 1 aromatic rings. The normalized spacial score (nSPS) is 18.3. The molecule has 0 spiro atoms. The Balaban J connectivity index is 2.03. The maximum absolute atomic E-state index is 6.04. The third kappa shape index (κ3) is 3.33. The van der Waals surface area contributed by atoms with Crippen LogP contribution in [0.5, 0.6) is 0 Å². The van der Waals surface area contributed by atoms with Crippen LogP contribution in [0.3, 0.4) is 0 Å². The van der Waals surface area contributed by atoms with Crippen molar-refractivity contribution in [2.75, 3.05) is 30.9 Å². The van der Waals surface area contributed by atoms with Crippen molar-refractivity contribution in [3.63, 3.8) is 0 Å². The van der Waals surface area contributed by atoms with Crippen molar-refractivity contribution in [1.82, 2.24) is 0 Å². The summed E-state index contributed by atoms with van der Waals surface area (Å²) < 4.78 is 5.54. The fraction of sp³-hybridized carbons (Fsp3) is 0.429. The van der Waals surface area contributed by atoms with E-state index in [1.54, 1.807) is 6.26 Å². The van der Waals surface area contributed by atoms with Crippen LogP contribution in [0.15, 0.2) is 30.5 Å². The summed E-state index contributed by atoms with van der Waals surface area (Å²) >= 11 is 6.04. The molecular weight excluding hydrogens is 248 g/mol. The summed E-state index contributed by atoms with van der Waals surface area (Å²) in [6.07, 6.45) is 6.23. The Morgan fingerprint density at radius 3 is 2.94 bits per heavy atom. The minimum absolute atomic E-state index is 0.240. The largest absolute Gasteiger partial charge is 0.497 e. The van der Waals surface area contributed by atoms with E-state index in [4.69, 9.17) is 16.3 Å². The van der Waals surface area contributed by atoms with Gasteiger partial charge in [0.1, 0.15) is 6.10 Å². The second-order valence-corrected chi connectivity index (χ2v) is 5.08. The smallest absolute Gasteiger partial charge is 0.115 e. The first-order valence-corrected chi connectivity index (χ1v) is 6.56. The van der Waals surface area contributed by atoms with Crippen LogP contribution >= 0.6 is 11.6 Å². The third-order valence-corrected chi connectivity index (χ3v) is 3.22. The zero-order valence-electron chi connectivity index (χ0n) is 10.8. The topological polar surface area (TPSA) is 24.5 Å². The van der Waals surface area contributed by atoms with E-state index in [0.717, 1.165) is 35.8 Å². The van der Waals surface area contributed by atoms with Crippen molar-refractivity contribution in [2.24, 2.45) is 0 Å².